The molecule has 1 aliphatic heterocycles. The van der Waals surface area contributed by atoms with Gasteiger partial charge >= 0.3 is 5.97 Å². The van der Waals surface area contributed by atoms with E-state index in [2.05, 4.69) is 20.9 Å². The summed E-state index contributed by atoms with van der Waals surface area (Å²) in [7, 11) is 0. The summed E-state index contributed by atoms with van der Waals surface area (Å²) in [4.78, 5) is 25.1. The molecule has 1 aromatic heterocycles. The SMILES string of the molecule is O=C1OC(c2c[nH]c3ccccc23)C(Br)C1=O. The van der Waals surface area contributed by atoms with Crippen molar-refractivity contribution in [1.29, 1.82) is 0 Å². The van der Waals surface area contributed by atoms with Crippen molar-refractivity contribution < 1.29 is 14.3 Å². The second-order valence-corrected chi connectivity index (χ2v) is 4.87. The Morgan fingerprint density at radius 1 is 1.24 bits per heavy atom. The molecule has 0 saturated carbocycles. The summed E-state index contributed by atoms with van der Waals surface area (Å²) in [6.07, 6.45) is 1.22. The molecular formula is C12H8BrNO3. The highest BCUT2D eigenvalue weighted by molar-refractivity contribution is 9.10. The second kappa shape index (κ2) is 3.70. The van der Waals surface area contributed by atoms with E-state index in [-0.39, 0.29) is 0 Å². The molecule has 0 bridgehead atoms. The van der Waals surface area contributed by atoms with E-state index >= 15 is 0 Å². The van der Waals surface area contributed by atoms with E-state index in [1.807, 2.05) is 24.3 Å². The van der Waals surface area contributed by atoms with Gasteiger partial charge in [-0.05, 0) is 6.07 Å². The van der Waals surface area contributed by atoms with Crippen molar-refractivity contribution in [3.05, 3.63) is 36.0 Å². The predicted molar refractivity (Wildman–Crippen MR) is 64.9 cm³/mol. The minimum Gasteiger partial charge on any atom is -0.450 e. The number of nitrogens with one attached hydrogen (secondary N) is 1. The molecule has 1 saturated heterocycles. The number of carbonyl (C=O) groups excluding carboxylic acids is 2. The van der Waals surface area contributed by atoms with Gasteiger partial charge < -0.3 is 9.72 Å². The number of Topliss-reactive ketones (excluding diaryl/α,β-unsaturated/α-hetero) is 1. The lowest BCUT2D eigenvalue weighted by Gasteiger charge is -2.10. The standard InChI is InChI=1S/C12H8BrNO3/c13-9-10(15)12(16)17-11(9)7-5-14-8-4-2-1-3-6(7)8/h1-5,9,11,14H. The number of aromatic nitrogens is 1. The van der Waals surface area contributed by atoms with E-state index in [4.69, 9.17) is 4.74 Å². The number of halogens is 1. The van der Waals surface area contributed by atoms with E-state index in [9.17, 15) is 9.59 Å². The monoisotopic (exact) mass is 293 g/mol. The Bertz CT molecular complexity index is 619. The maximum Gasteiger partial charge on any atom is 0.376 e. The summed E-state index contributed by atoms with van der Waals surface area (Å²) in [6, 6.07) is 7.68. The second-order valence-electron chi connectivity index (χ2n) is 3.88. The highest BCUT2D eigenvalue weighted by Gasteiger charge is 2.43. The van der Waals surface area contributed by atoms with Crippen molar-refractivity contribution in [3.63, 3.8) is 0 Å². The lowest BCUT2D eigenvalue weighted by Crippen LogP contribution is -2.15. The van der Waals surface area contributed by atoms with Crippen LogP contribution < -0.4 is 0 Å². The van der Waals surface area contributed by atoms with Crippen molar-refractivity contribution in [2.24, 2.45) is 0 Å². The number of ketones is 1. The van der Waals surface area contributed by atoms with Gasteiger partial charge in [-0.25, -0.2) is 4.79 Å². The molecule has 0 aliphatic carbocycles. The molecular weight excluding hydrogens is 286 g/mol. The van der Waals surface area contributed by atoms with Crippen LogP contribution in [0, 0.1) is 0 Å². The first kappa shape index (κ1) is 10.5. The van der Waals surface area contributed by atoms with Gasteiger partial charge in [-0.2, -0.15) is 0 Å². The number of rotatable bonds is 1. The number of aromatic amines is 1. The number of alkyl halides is 1. The van der Waals surface area contributed by atoms with Crippen LogP contribution in [-0.4, -0.2) is 21.6 Å². The van der Waals surface area contributed by atoms with Crippen LogP contribution in [0.5, 0.6) is 0 Å². The normalized spacial score (nSPS) is 24.3. The number of carbonyl (C=O) groups is 2. The highest BCUT2D eigenvalue weighted by atomic mass is 79.9. The minimum atomic E-state index is -0.776. The van der Waals surface area contributed by atoms with E-state index in [1.54, 1.807) is 6.20 Å². The lowest BCUT2D eigenvalue weighted by molar-refractivity contribution is -0.149. The number of ether oxygens (including phenoxy) is 1. The average molecular weight is 294 g/mol. The lowest BCUT2D eigenvalue weighted by atomic mass is 10.1. The zero-order chi connectivity index (χ0) is 12.0. The van der Waals surface area contributed by atoms with Gasteiger partial charge in [-0.1, -0.05) is 34.1 Å². The van der Waals surface area contributed by atoms with Crippen LogP contribution in [-0.2, 0) is 14.3 Å². The van der Waals surface area contributed by atoms with Crippen LogP contribution in [0.3, 0.4) is 0 Å². The quantitative estimate of drug-likeness (QED) is 0.498. The highest BCUT2D eigenvalue weighted by Crippen LogP contribution is 2.36. The Hall–Kier alpha value is -1.62. The Kier molecular flexibility index (Phi) is 2.29. The molecule has 4 nitrogen and oxygen atoms in total. The summed E-state index contributed by atoms with van der Waals surface area (Å²) >= 11 is 3.21. The molecule has 1 aromatic carbocycles. The molecule has 2 unspecified atom stereocenters. The number of cyclic esters (lactones) is 1. The number of H-pyrrole nitrogens is 1. The maximum absolute atomic E-state index is 11.4. The van der Waals surface area contributed by atoms with E-state index in [0.29, 0.717) is 0 Å². The van der Waals surface area contributed by atoms with Gasteiger partial charge in [0.1, 0.15) is 10.9 Å². The van der Waals surface area contributed by atoms with E-state index in [0.717, 1.165) is 16.5 Å². The number of fused-ring (bicyclic) bond motifs is 1. The van der Waals surface area contributed by atoms with Gasteiger partial charge in [-0.15, -0.1) is 0 Å². The summed E-state index contributed by atoms with van der Waals surface area (Å²) in [5.74, 6) is -1.30. The van der Waals surface area contributed by atoms with Crippen molar-refractivity contribution in [2.75, 3.05) is 0 Å². The summed E-state index contributed by atoms with van der Waals surface area (Å²) in [5.41, 5.74) is 1.78. The van der Waals surface area contributed by atoms with Crippen LogP contribution in [0.25, 0.3) is 10.9 Å². The summed E-state index contributed by atoms with van der Waals surface area (Å²) in [6.45, 7) is 0. The molecule has 5 heteroatoms. The van der Waals surface area contributed by atoms with Crippen molar-refractivity contribution in [3.8, 4) is 0 Å². The van der Waals surface area contributed by atoms with E-state index in [1.165, 1.54) is 0 Å². The summed E-state index contributed by atoms with van der Waals surface area (Å²) in [5, 5.41) is 0.962. The van der Waals surface area contributed by atoms with Gasteiger partial charge in [0.25, 0.3) is 5.78 Å². The first-order chi connectivity index (χ1) is 8.18. The fraction of sp³-hybridized carbons (Fsp3) is 0.167. The molecule has 0 amide bonds. The first-order valence-corrected chi connectivity index (χ1v) is 6.05. The number of hydrogen-bond donors (Lipinski definition) is 1. The van der Waals surface area contributed by atoms with Gasteiger partial charge in [0.05, 0.1) is 0 Å². The zero-order valence-corrected chi connectivity index (χ0v) is 10.2. The Morgan fingerprint density at radius 2 is 2.00 bits per heavy atom. The third-order valence-electron chi connectivity index (χ3n) is 2.88. The predicted octanol–water partition coefficient (Wildman–Crippen LogP) is 2.10. The van der Waals surface area contributed by atoms with Crippen LogP contribution in [0.2, 0.25) is 0 Å². The molecule has 0 radical (unpaired) electrons. The molecule has 1 fully saturated rings. The fourth-order valence-corrected chi connectivity index (χ4v) is 2.61. The maximum atomic E-state index is 11.4. The largest absolute Gasteiger partial charge is 0.450 e. The smallest absolute Gasteiger partial charge is 0.376 e. The van der Waals surface area contributed by atoms with Gasteiger partial charge in [0.15, 0.2) is 0 Å². The Labute approximate surface area is 105 Å². The molecule has 2 atom stereocenters. The Morgan fingerprint density at radius 3 is 2.71 bits per heavy atom. The van der Waals surface area contributed by atoms with Crippen LogP contribution >= 0.6 is 15.9 Å². The molecule has 2 aromatic rings. The molecule has 17 heavy (non-hydrogen) atoms. The molecule has 2 heterocycles. The number of hydrogen-bond acceptors (Lipinski definition) is 3. The number of benzene rings is 1. The van der Waals surface area contributed by atoms with Gasteiger partial charge in [0.2, 0.25) is 0 Å². The van der Waals surface area contributed by atoms with Gasteiger partial charge in [0, 0.05) is 22.7 Å². The van der Waals surface area contributed by atoms with Crippen molar-refractivity contribution in [2.45, 2.75) is 10.9 Å². The van der Waals surface area contributed by atoms with Crippen LogP contribution in [0.4, 0.5) is 0 Å². The molecule has 3 rings (SSSR count). The number of para-hydroxylation sites is 1. The Balaban J connectivity index is 2.11. The van der Waals surface area contributed by atoms with Crippen LogP contribution in [0.15, 0.2) is 30.5 Å². The van der Waals surface area contributed by atoms with Crippen molar-refractivity contribution >= 4 is 38.6 Å². The number of esters is 1. The topological polar surface area (TPSA) is 59.2 Å². The molecule has 1 N–H and O–H groups in total. The van der Waals surface area contributed by atoms with E-state index < -0.39 is 22.7 Å². The third-order valence-corrected chi connectivity index (χ3v) is 3.78. The van der Waals surface area contributed by atoms with Crippen LogP contribution in [0.1, 0.15) is 11.7 Å². The fourth-order valence-electron chi connectivity index (χ4n) is 2.03. The van der Waals surface area contributed by atoms with Gasteiger partial charge in [-0.3, -0.25) is 4.79 Å². The minimum absolute atomic E-state index is 0.528. The third kappa shape index (κ3) is 1.50. The first-order valence-electron chi connectivity index (χ1n) is 5.13. The van der Waals surface area contributed by atoms with Crippen molar-refractivity contribution in [1.82, 2.24) is 4.98 Å². The molecule has 0 spiro atoms. The summed E-state index contributed by atoms with van der Waals surface area (Å²) < 4.78 is 5.08. The average Bonchev–Trinajstić information content (AvgIpc) is 2.86. The zero-order valence-electron chi connectivity index (χ0n) is 8.64. The molecule has 1 aliphatic rings. The molecule has 86 valence electrons.